The lowest BCUT2D eigenvalue weighted by Crippen LogP contribution is -2.35. The van der Waals surface area contributed by atoms with Crippen molar-refractivity contribution >= 4 is 22.5 Å². The van der Waals surface area contributed by atoms with Crippen molar-refractivity contribution in [3.63, 3.8) is 0 Å². The number of hydrogen-bond acceptors (Lipinski definition) is 3. The van der Waals surface area contributed by atoms with Crippen molar-refractivity contribution < 1.29 is 5.11 Å². The first-order valence-electron chi connectivity index (χ1n) is 7.20. The van der Waals surface area contributed by atoms with Crippen LogP contribution in [-0.2, 0) is 0 Å². The van der Waals surface area contributed by atoms with E-state index in [1.165, 1.54) is 12.8 Å². The van der Waals surface area contributed by atoms with Gasteiger partial charge in [0.2, 0.25) is 0 Å². The minimum atomic E-state index is -0.477. The zero-order chi connectivity index (χ0) is 13.9. The Morgan fingerprint density at radius 2 is 2.25 bits per heavy atom. The molecule has 2 heterocycles. The molecule has 4 heteroatoms. The van der Waals surface area contributed by atoms with E-state index in [0.29, 0.717) is 11.1 Å². The Bertz CT molecular complexity index is 596. The Morgan fingerprint density at radius 1 is 1.35 bits per heavy atom. The summed E-state index contributed by atoms with van der Waals surface area (Å²) in [4.78, 5) is 4.31. The molecule has 0 saturated carbocycles. The van der Waals surface area contributed by atoms with Gasteiger partial charge in [0.15, 0.2) is 0 Å². The number of aliphatic hydroxyl groups excluding tert-OH is 1. The van der Waals surface area contributed by atoms with E-state index in [9.17, 15) is 5.11 Å². The third kappa shape index (κ3) is 2.80. The highest BCUT2D eigenvalue weighted by Crippen LogP contribution is 2.30. The summed E-state index contributed by atoms with van der Waals surface area (Å²) in [7, 11) is 0. The summed E-state index contributed by atoms with van der Waals surface area (Å²) in [6.45, 7) is 1.06. The number of pyridine rings is 1. The quantitative estimate of drug-likeness (QED) is 0.910. The van der Waals surface area contributed by atoms with Gasteiger partial charge in [-0.3, -0.25) is 4.98 Å². The normalized spacial score (nSPS) is 21.0. The van der Waals surface area contributed by atoms with E-state index in [4.69, 9.17) is 11.6 Å². The molecule has 0 bridgehead atoms. The Morgan fingerprint density at radius 3 is 3.05 bits per heavy atom. The van der Waals surface area contributed by atoms with Gasteiger partial charge < -0.3 is 10.4 Å². The van der Waals surface area contributed by atoms with Gasteiger partial charge in [0, 0.05) is 17.6 Å². The number of benzene rings is 1. The van der Waals surface area contributed by atoms with Crippen LogP contribution in [0, 0.1) is 0 Å². The summed E-state index contributed by atoms with van der Waals surface area (Å²) in [5.74, 6) is 0. The van der Waals surface area contributed by atoms with Crippen molar-refractivity contribution in [1.82, 2.24) is 10.3 Å². The second-order valence-corrected chi connectivity index (χ2v) is 5.84. The lowest BCUT2D eigenvalue weighted by molar-refractivity contribution is 0.146. The van der Waals surface area contributed by atoms with Crippen molar-refractivity contribution in [1.29, 1.82) is 0 Å². The minimum absolute atomic E-state index is 0.404. The maximum atomic E-state index is 10.6. The Kier molecular flexibility index (Phi) is 4.20. The molecule has 2 N–H and O–H groups in total. The summed E-state index contributed by atoms with van der Waals surface area (Å²) >= 11 is 6.17. The van der Waals surface area contributed by atoms with Gasteiger partial charge in [-0.1, -0.05) is 30.2 Å². The monoisotopic (exact) mass is 290 g/mol. The molecule has 1 aliphatic heterocycles. The zero-order valence-electron chi connectivity index (χ0n) is 11.3. The van der Waals surface area contributed by atoms with Crippen LogP contribution in [0.15, 0.2) is 30.5 Å². The Hall–Kier alpha value is -1.16. The third-order valence-electron chi connectivity index (χ3n) is 4.03. The van der Waals surface area contributed by atoms with Gasteiger partial charge in [-0.05, 0) is 43.5 Å². The molecule has 0 radical (unpaired) electrons. The van der Waals surface area contributed by atoms with Crippen LogP contribution in [0.1, 0.15) is 37.4 Å². The SMILES string of the molecule is OC(CC1CCCCN1)c1ccnc2c(Cl)cccc12. The van der Waals surface area contributed by atoms with Crippen LogP contribution in [0.3, 0.4) is 0 Å². The number of aromatic nitrogens is 1. The van der Waals surface area contributed by atoms with Crippen molar-refractivity contribution in [3.8, 4) is 0 Å². The van der Waals surface area contributed by atoms with Crippen LogP contribution in [0.5, 0.6) is 0 Å². The van der Waals surface area contributed by atoms with Crippen molar-refractivity contribution in [2.75, 3.05) is 6.54 Å². The van der Waals surface area contributed by atoms with Gasteiger partial charge in [0.25, 0.3) is 0 Å². The molecule has 1 aromatic carbocycles. The van der Waals surface area contributed by atoms with Gasteiger partial charge in [0.1, 0.15) is 0 Å². The standard InChI is InChI=1S/C16H19ClN2O/c17-14-6-3-5-13-12(7-9-19-16(13)14)15(20)10-11-4-1-2-8-18-11/h3,5-7,9,11,15,18,20H,1-2,4,8,10H2. The van der Waals surface area contributed by atoms with Crippen LogP contribution in [0.4, 0.5) is 0 Å². The summed E-state index contributed by atoms with van der Waals surface area (Å²) < 4.78 is 0. The van der Waals surface area contributed by atoms with E-state index < -0.39 is 6.10 Å². The van der Waals surface area contributed by atoms with Crippen LogP contribution in [0.25, 0.3) is 10.9 Å². The summed E-state index contributed by atoms with van der Waals surface area (Å²) in [6.07, 6.45) is 5.61. The molecular formula is C16H19ClN2O. The number of hydrogen-bond donors (Lipinski definition) is 2. The molecular weight excluding hydrogens is 272 g/mol. The number of para-hydroxylation sites is 1. The molecule has 0 amide bonds. The second kappa shape index (κ2) is 6.08. The first-order chi connectivity index (χ1) is 9.75. The average molecular weight is 291 g/mol. The molecule has 2 aromatic rings. The average Bonchev–Trinajstić information content (AvgIpc) is 2.48. The lowest BCUT2D eigenvalue weighted by Gasteiger charge is -2.26. The molecule has 1 aromatic heterocycles. The molecule has 3 rings (SSSR count). The predicted octanol–water partition coefficient (Wildman–Crippen LogP) is 3.45. The van der Waals surface area contributed by atoms with Crippen molar-refractivity contribution in [2.24, 2.45) is 0 Å². The Balaban J connectivity index is 1.87. The molecule has 0 spiro atoms. The molecule has 1 fully saturated rings. The number of nitrogens with zero attached hydrogens (tertiary/aromatic N) is 1. The highest BCUT2D eigenvalue weighted by Gasteiger charge is 2.19. The largest absolute Gasteiger partial charge is 0.388 e. The number of rotatable bonds is 3. The fourth-order valence-electron chi connectivity index (χ4n) is 2.97. The number of piperidine rings is 1. The van der Waals surface area contributed by atoms with E-state index in [-0.39, 0.29) is 0 Å². The summed E-state index contributed by atoms with van der Waals surface area (Å²) in [5.41, 5.74) is 1.69. The summed E-state index contributed by atoms with van der Waals surface area (Å²) in [5, 5.41) is 15.6. The fourth-order valence-corrected chi connectivity index (χ4v) is 3.20. The van der Waals surface area contributed by atoms with E-state index in [1.807, 2.05) is 24.3 Å². The van der Waals surface area contributed by atoms with E-state index >= 15 is 0 Å². The highest BCUT2D eigenvalue weighted by atomic mass is 35.5. The van der Waals surface area contributed by atoms with E-state index in [0.717, 1.165) is 35.9 Å². The first kappa shape index (κ1) is 13.8. The van der Waals surface area contributed by atoms with Crippen LogP contribution in [-0.4, -0.2) is 22.7 Å². The van der Waals surface area contributed by atoms with E-state index in [1.54, 1.807) is 6.20 Å². The Labute approximate surface area is 124 Å². The van der Waals surface area contributed by atoms with Gasteiger partial charge in [-0.25, -0.2) is 0 Å². The first-order valence-corrected chi connectivity index (χ1v) is 7.58. The second-order valence-electron chi connectivity index (χ2n) is 5.43. The number of nitrogens with one attached hydrogen (secondary N) is 1. The molecule has 1 aliphatic rings. The molecule has 3 nitrogen and oxygen atoms in total. The van der Waals surface area contributed by atoms with Gasteiger partial charge >= 0.3 is 0 Å². The molecule has 1 saturated heterocycles. The summed E-state index contributed by atoms with van der Waals surface area (Å²) in [6, 6.07) is 8.01. The predicted molar refractivity (Wildman–Crippen MR) is 82.0 cm³/mol. The van der Waals surface area contributed by atoms with Gasteiger partial charge in [-0.15, -0.1) is 0 Å². The minimum Gasteiger partial charge on any atom is -0.388 e. The van der Waals surface area contributed by atoms with Crippen LogP contribution in [0.2, 0.25) is 5.02 Å². The van der Waals surface area contributed by atoms with Crippen molar-refractivity contribution in [2.45, 2.75) is 37.8 Å². The van der Waals surface area contributed by atoms with Gasteiger partial charge in [0.05, 0.1) is 16.6 Å². The number of fused-ring (bicyclic) bond motifs is 1. The van der Waals surface area contributed by atoms with Gasteiger partial charge in [-0.2, -0.15) is 0 Å². The van der Waals surface area contributed by atoms with E-state index in [2.05, 4.69) is 10.3 Å². The third-order valence-corrected chi connectivity index (χ3v) is 4.34. The topological polar surface area (TPSA) is 45.1 Å². The smallest absolute Gasteiger partial charge is 0.0891 e. The molecule has 20 heavy (non-hydrogen) atoms. The molecule has 0 aliphatic carbocycles. The fraction of sp³-hybridized carbons (Fsp3) is 0.438. The molecule has 106 valence electrons. The molecule has 2 unspecified atom stereocenters. The number of halogens is 1. The zero-order valence-corrected chi connectivity index (χ0v) is 12.1. The maximum absolute atomic E-state index is 10.6. The molecule has 2 atom stereocenters. The van der Waals surface area contributed by atoms with Crippen molar-refractivity contribution in [3.05, 3.63) is 41.0 Å². The maximum Gasteiger partial charge on any atom is 0.0891 e. The lowest BCUT2D eigenvalue weighted by atomic mass is 9.94. The number of aliphatic hydroxyl groups is 1. The highest BCUT2D eigenvalue weighted by molar-refractivity contribution is 6.35. The van der Waals surface area contributed by atoms with Crippen LogP contribution >= 0.6 is 11.6 Å². The van der Waals surface area contributed by atoms with Crippen LogP contribution < -0.4 is 5.32 Å².